The van der Waals surface area contributed by atoms with E-state index in [1.54, 1.807) is 12.1 Å². The van der Waals surface area contributed by atoms with Gasteiger partial charge in [0.15, 0.2) is 0 Å². The molecule has 0 amide bonds. The van der Waals surface area contributed by atoms with Crippen molar-refractivity contribution in [3.63, 3.8) is 0 Å². The third-order valence-corrected chi connectivity index (χ3v) is 4.99. The molecule has 1 aromatic carbocycles. The van der Waals surface area contributed by atoms with Gasteiger partial charge in [0.25, 0.3) is 0 Å². The number of nitrogens with one attached hydrogen (secondary N) is 1. The van der Waals surface area contributed by atoms with E-state index in [-0.39, 0.29) is 11.5 Å². The molecule has 1 aromatic rings. The van der Waals surface area contributed by atoms with Gasteiger partial charge < -0.3 is 0 Å². The Morgan fingerprint density at radius 3 is 2.06 bits per heavy atom. The first-order valence-electron chi connectivity index (χ1n) is 6.42. The lowest BCUT2D eigenvalue weighted by Crippen LogP contribution is -2.39. The SMILES string of the molecule is CC(C)(C)c1ccc(S(=O)(=O)NC2CCC2)cc1. The van der Waals surface area contributed by atoms with Crippen molar-refractivity contribution in [3.05, 3.63) is 29.8 Å². The van der Waals surface area contributed by atoms with Crippen molar-refractivity contribution in [3.8, 4) is 0 Å². The van der Waals surface area contributed by atoms with Gasteiger partial charge in [0, 0.05) is 6.04 Å². The summed E-state index contributed by atoms with van der Waals surface area (Å²) >= 11 is 0. The van der Waals surface area contributed by atoms with E-state index in [0.29, 0.717) is 4.90 Å². The Bertz CT molecular complexity index is 508. The van der Waals surface area contributed by atoms with Gasteiger partial charge in [-0.2, -0.15) is 0 Å². The second-order valence-corrected chi connectivity index (χ2v) is 7.74. The van der Waals surface area contributed by atoms with Crippen molar-refractivity contribution in [1.29, 1.82) is 0 Å². The van der Waals surface area contributed by atoms with Gasteiger partial charge in [0.1, 0.15) is 0 Å². The average molecular weight is 267 g/mol. The molecule has 0 spiro atoms. The van der Waals surface area contributed by atoms with Gasteiger partial charge in [-0.15, -0.1) is 0 Å². The maximum atomic E-state index is 12.1. The van der Waals surface area contributed by atoms with Gasteiger partial charge in [-0.1, -0.05) is 39.3 Å². The van der Waals surface area contributed by atoms with Crippen LogP contribution in [-0.2, 0) is 15.4 Å². The molecule has 4 heteroatoms. The van der Waals surface area contributed by atoms with E-state index in [1.807, 2.05) is 12.1 Å². The normalized spacial score (nSPS) is 17.5. The molecule has 100 valence electrons. The first-order valence-corrected chi connectivity index (χ1v) is 7.90. The van der Waals surface area contributed by atoms with Crippen LogP contribution in [0, 0.1) is 0 Å². The van der Waals surface area contributed by atoms with Gasteiger partial charge in [0.2, 0.25) is 10.0 Å². The molecule has 1 saturated carbocycles. The van der Waals surface area contributed by atoms with Crippen LogP contribution in [0.5, 0.6) is 0 Å². The fourth-order valence-corrected chi connectivity index (χ4v) is 3.25. The smallest absolute Gasteiger partial charge is 0.208 e. The van der Waals surface area contributed by atoms with Crippen LogP contribution in [0.4, 0.5) is 0 Å². The van der Waals surface area contributed by atoms with Crippen molar-refractivity contribution in [2.75, 3.05) is 0 Å². The Kier molecular flexibility index (Phi) is 3.52. The molecule has 0 bridgehead atoms. The Labute approximate surface area is 110 Å². The summed E-state index contributed by atoms with van der Waals surface area (Å²) in [6.45, 7) is 6.34. The van der Waals surface area contributed by atoms with Crippen LogP contribution in [0.2, 0.25) is 0 Å². The van der Waals surface area contributed by atoms with E-state index in [4.69, 9.17) is 0 Å². The van der Waals surface area contributed by atoms with E-state index >= 15 is 0 Å². The Morgan fingerprint density at radius 2 is 1.67 bits per heavy atom. The number of hydrogen-bond acceptors (Lipinski definition) is 2. The zero-order valence-electron chi connectivity index (χ0n) is 11.2. The molecule has 0 saturated heterocycles. The molecule has 0 unspecified atom stereocenters. The molecule has 1 fully saturated rings. The largest absolute Gasteiger partial charge is 0.240 e. The highest BCUT2D eigenvalue weighted by Crippen LogP contribution is 2.24. The minimum atomic E-state index is -3.33. The summed E-state index contributed by atoms with van der Waals surface area (Å²) in [5, 5.41) is 0. The quantitative estimate of drug-likeness (QED) is 0.915. The van der Waals surface area contributed by atoms with E-state index < -0.39 is 10.0 Å². The third kappa shape index (κ3) is 2.93. The molecule has 1 N–H and O–H groups in total. The zero-order chi connectivity index (χ0) is 13.4. The van der Waals surface area contributed by atoms with E-state index in [1.165, 1.54) is 0 Å². The fraction of sp³-hybridized carbons (Fsp3) is 0.571. The first kappa shape index (κ1) is 13.6. The summed E-state index contributed by atoms with van der Waals surface area (Å²) in [5.74, 6) is 0. The van der Waals surface area contributed by atoms with Gasteiger partial charge >= 0.3 is 0 Å². The number of sulfonamides is 1. The molecule has 3 nitrogen and oxygen atoms in total. The van der Waals surface area contributed by atoms with Crippen LogP contribution in [0.15, 0.2) is 29.2 Å². The van der Waals surface area contributed by atoms with E-state index in [2.05, 4.69) is 25.5 Å². The standard InChI is InChI=1S/C14H21NO2S/c1-14(2,3)11-7-9-13(10-8-11)18(16,17)15-12-5-4-6-12/h7-10,12,15H,4-6H2,1-3H3. The summed E-state index contributed by atoms with van der Waals surface area (Å²) in [6.07, 6.45) is 3.04. The topological polar surface area (TPSA) is 46.2 Å². The van der Waals surface area contributed by atoms with Crippen molar-refractivity contribution >= 4 is 10.0 Å². The maximum absolute atomic E-state index is 12.1. The van der Waals surface area contributed by atoms with Crippen LogP contribution in [0.25, 0.3) is 0 Å². The molecule has 0 heterocycles. The summed E-state index contributed by atoms with van der Waals surface area (Å²) in [4.78, 5) is 0.363. The highest BCUT2D eigenvalue weighted by atomic mass is 32.2. The minimum Gasteiger partial charge on any atom is -0.208 e. The average Bonchev–Trinajstić information content (AvgIpc) is 2.23. The molecule has 18 heavy (non-hydrogen) atoms. The van der Waals surface area contributed by atoms with Gasteiger partial charge in [0.05, 0.1) is 4.90 Å². The minimum absolute atomic E-state index is 0.0453. The van der Waals surface area contributed by atoms with Gasteiger partial charge in [-0.25, -0.2) is 13.1 Å². The first-order chi connectivity index (χ1) is 8.29. The molecular formula is C14H21NO2S. The third-order valence-electron chi connectivity index (χ3n) is 3.46. The fourth-order valence-electron chi connectivity index (χ4n) is 1.95. The Balaban J connectivity index is 2.18. The molecule has 0 aliphatic heterocycles. The lowest BCUT2D eigenvalue weighted by Gasteiger charge is -2.26. The molecular weight excluding hydrogens is 246 g/mol. The predicted octanol–water partition coefficient (Wildman–Crippen LogP) is 2.81. The predicted molar refractivity (Wildman–Crippen MR) is 73.1 cm³/mol. The van der Waals surface area contributed by atoms with Crippen LogP contribution >= 0.6 is 0 Å². The Morgan fingerprint density at radius 1 is 1.11 bits per heavy atom. The van der Waals surface area contributed by atoms with Crippen LogP contribution in [-0.4, -0.2) is 14.5 Å². The molecule has 0 radical (unpaired) electrons. The molecule has 1 aliphatic rings. The molecule has 0 aromatic heterocycles. The van der Waals surface area contributed by atoms with E-state index in [9.17, 15) is 8.42 Å². The van der Waals surface area contributed by atoms with Crippen molar-refractivity contribution in [2.24, 2.45) is 0 Å². The molecule has 0 atom stereocenters. The van der Waals surface area contributed by atoms with Crippen molar-refractivity contribution in [1.82, 2.24) is 4.72 Å². The molecule has 2 rings (SSSR count). The lowest BCUT2D eigenvalue weighted by atomic mass is 9.87. The second-order valence-electron chi connectivity index (χ2n) is 6.02. The number of hydrogen-bond donors (Lipinski definition) is 1. The van der Waals surface area contributed by atoms with Gasteiger partial charge in [-0.05, 0) is 36.0 Å². The highest BCUT2D eigenvalue weighted by molar-refractivity contribution is 7.89. The second kappa shape index (κ2) is 4.67. The zero-order valence-corrected chi connectivity index (χ0v) is 12.0. The van der Waals surface area contributed by atoms with Gasteiger partial charge in [-0.3, -0.25) is 0 Å². The Hall–Kier alpha value is -0.870. The van der Waals surface area contributed by atoms with Crippen LogP contribution in [0.1, 0.15) is 45.6 Å². The number of benzene rings is 1. The summed E-state index contributed by atoms with van der Waals surface area (Å²) in [7, 11) is -3.33. The van der Waals surface area contributed by atoms with Crippen molar-refractivity contribution in [2.45, 2.75) is 56.4 Å². The number of rotatable bonds is 3. The summed E-state index contributed by atoms with van der Waals surface area (Å²) in [6, 6.07) is 7.32. The highest BCUT2D eigenvalue weighted by Gasteiger charge is 2.25. The summed E-state index contributed by atoms with van der Waals surface area (Å²) < 4.78 is 26.9. The van der Waals surface area contributed by atoms with Crippen LogP contribution in [0.3, 0.4) is 0 Å². The lowest BCUT2D eigenvalue weighted by molar-refractivity contribution is 0.383. The van der Waals surface area contributed by atoms with Crippen LogP contribution < -0.4 is 4.72 Å². The van der Waals surface area contributed by atoms with Crippen molar-refractivity contribution < 1.29 is 8.42 Å². The monoisotopic (exact) mass is 267 g/mol. The maximum Gasteiger partial charge on any atom is 0.240 e. The summed E-state index contributed by atoms with van der Waals surface area (Å²) in [5.41, 5.74) is 1.19. The molecule has 1 aliphatic carbocycles. The van der Waals surface area contributed by atoms with E-state index in [0.717, 1.165) is 24.8 Å².